The van der Waals surface area contributed by atoms with Gasteiger partial charge < -0.3 is 14.6 Å². The smallest absolute Gasteiger partial charge is 0.311 e. The number of hydrogen-bond donors (Lipinski definition) is 1. The fraction of sp³-hybridized carbons (Fsp3) is 0.733. The van der Waals surface area contributed by atoms with Crippen LogP contribution in [-0.4, -0.2) is 23.3 Å². The molecule has 1 atom stereocenters. The van der Waals surface area contributed by atoms with Crippen molar-refractivity contribution >= 4 is 11.9 Å². The van der Waals surface area contributed by atoms with Gasteiger partial charge in [-0.1, -0.05) is 33.1 Å². The van der Waals surface area contributed by atoms with Crippen molar-refractivity contribution in [2.24, 2.45) is 0 Å². The Morgan fingerprint density at radius 3 is 2.45 bits per heavy atom. The summed E-state index contributed by atoms with van der Waals surface area (Å²) in [7, 11) is 0. The topological polar surface area (TPSA) is 72.8 Å². The van der Waals surface area contributed by atoms with Gasteiger partial charge in [0, 0.05) is 6.42 Å². The van der Waals surface area contributed by atoms with E-state index in [1.165, 1.54) is 25.5 Å². The highest BCUT2D eigenvalue weighted by Crippen LogP contribution is 2.04. The fourth-order valence-corrected chi connectivity index (χ4v) is 1.44. The Labute approximate surface area is 121 Å². The quantitative estimate of drug-likeness (QED) is 0.273. The first-order valence-electron chi connectivity index (χ1n) is 7.32. The van der Waals surface area contributed by atoms with Crippen molar-refractivity contribution in [1.82, 2.24) is 0 Å². The minimum atomic E-state index is -1.10. The average molecular weight is 286 g/mol. The first-order chi connectivity index (χ1) is 9.60. The molecule has 1 N–H and O–H groups in total. The van der Waals surface area contributed by atoms with E-state index < -0.39 is 18.2 Å². The molecule has 0 rings (SSSR count). The summed E-state index contributed by atoms with van der Waals surface area (Å²) in [4.78, 5) is 22.5. The maximum Gasteiger partial charge on any atom is 0.311 e. The zero-order chi connectivity index (χ0) is 15.2. The predicted octanol–water partition coefficient (Wildman–Crippen LogP) is 3.07. The van der Waals surface area contributed by atoms with Gasteiger partial charge in [-0.15, -0.1) is 0 Å². The molecule has 0 aliphatic heterocycles. The number of carbonyl (C=O) groups is 2. The van der Waals surface area contributed by atoms with Crippen LogP contribution in [0.4, 0.5) is 0 Å². The second-order valence-corrected chi connectivity index (χ2v) is 4.56. The number of esters is 2. The highest BCUT2D eigenvalue weighted by Gasteiger charge is 2.11. The van der Waals surface area contributed by atoms with E-state index in [4.69, 9.17) is 9.84 Å². The second kappa shape index (κ2) is 12.7. The third kappa shape index (κ3) is 11.7. The Balaban J connectivity index is 3.58. The van der Waals surface area contributed by atoms with E-state index in [2.05, 4.69) is 11.7 Å². The van der Waals surface area contributed by atoms with Crippen LogP contribution in [0.15, 0.2) is 12.3 Å². The number of carbonyl (C=O) groups excluding carboxylic acids is 2. The van der Waals surface area contributed by atoms with Gasteiger partial charge in [-0.2, -0.15) is 0 Å². The molecule has 0 saturated carbocycles. The first-order valence-corrected chi connectivity index (χ1v) is 7.32. The van der Waals surface area contributed by atoms with Crippen LogP contribution in [0.5, 0.6) is 0 Å². The van der Waals surface area contributed by atoms with Crippen LogP contribution in [0.2, 0.25) is 0 Å². The Bertz CT molecular complexity index is 299. The van der Waals surface area contributed by atoms with Gasteiger partial charge in [0.2, 0.25) is 0 Å². The molecule has 0 radical (unpaired) electrons. The maximum atomic E-state index is 11.3. The van der Waals surface area contributed by atoms with Crippen molar-refractivity contribution in [1.29, 1.82) is 0 Å². The highest BCUT2D eigenvalue weighted by atomic mass is 16.6. The predicted molar refractivity (Wildman–Crippen MR) is 75.6 cm³/mol. The summed E-state index contributed by atoms with van der Waals surface area (Å²) in [6.45, 7) is 3.85. The number of unbranched alkanes of at least 4 members (excludes halogenated alkanes) is 4. The van der Waals surface area contributed by atoms with Gasteiger partial charge in [0.1, 0.15) is 0 Å². The van der Waals surface area contributed by atoms with E-state index in [1.54, 1.807) is 6.92 Å². The van der Waals surface area contributed by atoms with Crippen LogP contribution >= 0.6 is 0 Å². The Morgan fingerprint density at radius 2 is 1.80 bits per heavy atom. The van der Waals surface area contributed by atoms with Crippen molar-refractivity contribution in [3.8, 4) is 0 Å². The van der Waals surface area contributed by atoms with Crippen LogP contribution in [0.1, 0.15) is 65.2 Å². The van der Waals surface area contributed by atoms with Gasteiger partial charge in [0.25, 0.3) is 0 Å². The third-order valence-electron chi connectivity index (χ3n) is 2.67. The van der Waals surface area contributed by atoms with Gasteiger partial charge in [0.15, 0.2) is 6.29 Å². The lowest BCUT2D eigenvalue weighted by Crippen LogP contribution is -2.17. The molecule has 0 saturated heterocycles. The molecule has 0 fully saturated rings. The number of aliphatic hydroxyl groups excluding tert-OH is 1. The molecule has 0 bridgehead atoms. The number of ether oxygens (including phenoxy) is 2. The van der Waals surface area contributed by atoms with Crippen LogP contribution < -0.4 is 0 Å². The summed E-state index contributed by atoms with van der Waals surface area (Å²) in [6.07, 6.45) is 7.86. The number of allylic oxidation sites excluding steroid dienone is 1. The average Bonchev–Trinajstić information content (AvgIpc) is 2.44. The molecule has 5 heteroatoms. The van der Waals surface area contributed by atoms with Crippen LogP contribution in [0.25, 0.3) is 0 Å². The molecule has 0 amide bonds. The molecule has 0 aromatic carbocycles. The number of aliphatic hydroxyl groups is 1. The number of hydrogen-bond acceptors (Lipinski definition) is 5. The highest BCUT2D eigenvalue weighted by molar-refractivity contribution is 5.77. The van der Waals surface area contributed by atoms with E-state index in [0.29, 0.717) is 6.42 Å². The lowest BCUT2D eigenvalue weighted by molar-refractivity contribution is -0.169. The van der Waals surface area contributed by atoms with Crippen LogP contribution in [-0.2, 0) is 19.1 Å². The summed E-state index contributed by atoms with van der Waals surface area (Å²) in [5, 5.41) is 9.09. The Hall–Kier alpha value is -1.36. The molecule has 0 aromatic rings. The summed E-state index contributed by atoms with van der Waals surface area (Å²) < 4.78 is 9.46. The zero-order valence-corrected chi connectivity index (χ0v) is 12.5. The molecule has 0 aromatic heterocycles. The van der Waals surface area contributed by atoms with Crippen LogP contribution in [0.3, 0.4) is 0 Å². The van der Waals surface area contributed by atoms with Gasteiger partial charge in [0.05, 0.1) is 19.1 Å². The standard InChI is InChI=1S/C15H26O5/c1-3-5-6-7-8-9-12-19-14(17)10-11-15(18)20-13(16)4-2/h9,12-13,16H,3-8,10-11H2,1-2H3. The molecule has 20 heavy (non-hydrogen) atoms. The molecule has 5 nitrogen and oxygen atoms in total. The summed E-state index contributed by atoms with van der Waals surface area (Å²) >= 11 is 0. The molecule has 0 aliphatic carbocycles. The van der Waals surface area contributed by atoms with E-state index in [-0.39, 0.29) is 12.8 Å². The minimum Gasteiger partial charge on any atom is -0.436 e. The first kappa shape index (κ1) is 18.6. The van der Waals surface area contributed by atoms with E-state index in [9.17, 15) is 9.59 Å². The van der Waals surface area contributed by atoms with E-state index in [0.717, 1.165) is 12.8 Å². The number of rotatable bonds is 11. The summed E-state index contributed by atoms with van der Waals surface area (Å²) in [5.74, 6) is -1.07. The van der Waals surface area contributed by atoms with Crippen molar-refractivity contribution < 1.29 is 24.2 Å². The van der Waals surface area contributed by atoms with Gasteiger partial charge >= 0.3 is 11.9 Å². The fourth-order valence-electron chi connectivity index (χ4n) is 1.44. The van der Waals surface area contributed by atoms with Crippen molar-refractivity contribution in [2.45, 2.75) is 71.5 Å². The second-order valence-electron chi connectivity index (χ2n) is 4.56. The van der Waals surface area contributed by atoms with Crippen molar-refractivity contribution in [3.63, 3.8) is 0 Å². The molecule has 116 valence electrons. The lowest BCUT2D eigenvalue weighted by Gasteiger charge is -2.08. The SMILES string of the molecule is CCCCCCC=COC(=O)CCC(=O)OC(O)CC. The Morgan fingerprint density at radius 1 is 1.10 bits per heavy atom. The molecular weight excluding hydrogens is 260 g/mol. The molecule has 0 heterocycles. The summed E-state index contributed by atoms with van der Waals surface area (Å²) in [6, 6.07) is 0. The van der Waals surface area contributed by atoms with Gasteiger partial charge in [-0.25, -0.2) is 0 Å². The molecule has 0 spiro atoms. The van der Waals surface area contributed by atoms with E-state index in [1.807, 2.05) is 6.08 Å². The Kier molecular flexibility index (Phi) is 11.8. The van der Waals surface area contributed by atoms with E-state index >= 15 is 0 Å². The lowest BCUT2D eigenvalue weighted by atomic mass is 10.1. The maximum absolute atomic E-state index is 11.3. The van der Waals surface area contributed by atoms with Gasteiger partial charge in [-0.3, -0.25) is 9.59 Å². The third-order valence-corrected chi connectivity index (χ3v) is 2.67. The van der Waals surface area contributed by atoms with Crippen LogP contribution in [0, 0.1) is 0 Å². The molecular formula is C15H26O5. The normalized spacial score (nSPS) is 12.3. The van der Waals surface area contributed by atoms with Crippen molar-refractivity contribution in [2.75, 3.05) is 0 Å². The largest absolute Gasteiger partial charge is 0.436 e. The zero-order valence-electron chi connectivity index (χ0n) is 12.5. The minimum absolute atomic E-state index is 0.0462. The van der Waals surface area contributed by atoms with Gasteiger partial charge in [-0.05, 0) is 18.9 Å². The summed E-state index contributed by atoms with van der Waals surface area (Å²) in [5.41, 5.74) is 0. The molecule has 0 aliphatic rings. The monoisotopic (exact) mass is 286 g/mol. The molecule has 1 unspecified atom stereocenters. The van der Waals surface area contributed by atoms with Crippen molar-refractivity contribution in [3.05, 3.63) is 12.3 Å².